The number of hydrogen-bond acceptors (Lipinski definition) is 6. The summed E-state index contributed by atoms with van der Waals surface area (Å²) in [5.41, 5.74) is 6.62. The average molecular weight is 354 g/mol. The molecule has 0 unspecified atom stereocenters. The molecule has 0 saturated heterocycles. The number of ether oxygens (including phenoxy) is 1. The Labute approximate surface area is 143 Å². The fraction of sp³-hybridized carbons (Fsp3) is 0.562. The van der Waals surface area contributed by atoms with E-state index in [0.717, 1.165) is 0 Å². The third-order valence-corrected chi connectivity index (χ3v) is 8.92. The molecule has 0 saturated carbocycles. The van der Waals surface area contributed by atoms with Crippen LogP contribution < -0.4 is 5.73 Å². The van der Waals surface area contributed by atoms with Crippen molar-refractivity contribution in [3.8, 4) is 0 Å². The summed E-state index contributed by atoms with van der Waals surface area (Å²) in [6.45, 7) is 10.3. The molecule has 8 heteroatoms. The van der Waals surface area contributed by atoms with Crippen LogP contribution in [-0.4, -0.2) is 32.4 Å². The SMILES string of the molecule is COC(=O)[C@@H](N)[C@@H](O[Si](C)(C)C(C)(C)C)c1ccc([N+](=O)[O-])cc1. The first-order valence-electron chi connectivity index (χ1n) is 7.66. The van der Waals surface area contributed by atoms with Gasteiger partial charge in [-0.2, -0.15) is 0 Å². The number of esters is 1. The smallest absolute Gasteiger partial charge is 0.325 e. The molecule has 0 aliphatic heterocycles. The van der Waals surface area contributed by atoms with E-state index in [0.29, 0.717) is 5.56 Å². The van der Waals surface area contributed by atoms with Crippen LogP contribution in [0.2, 0.25) is 18.1 Å². The summed E-state index contributed by atoms with van der Waals surface area (Å²) in [5.74, 6) is -0.586. The van der Waals surface area contributed by atoms with Crippen LogP contribution in [0.1, 0.15) is 32.4 Å². The van der Waals surface area contributed by atoms with Crippen molar-refractivity contribution in [2.24, 2.45) is 5.73 Å². The summed E-state index contributed by atoms with van der Waals surface area (Å²) in [5, 5.41) is 10.7. The number of rotatable bonds is 6. The topological polar surface area (TPSA) is 105 Å². The van der Waals surface area contributed by atoms with Gasteiger partial charge in [0, 0.05) is 12.1 Å². The van der Waals surface area contributed by atoms with Crippen molar-refractivity contribution < 1.29 is 18.9 Å². The minimum atomic E-state index is -2.23. The van der Waals surface area contributed by atoms with Crippen LogP contribution in [0.25, 0.3) is 0 Å². The lowest BCUT2D eigenvalue weighted by atomic mass is 10.0. The molecule has 1 aromatic rings. The number of benzene rings is 1. The molecule has 0 aromatic heterocycles. The lowest BCUT2D eigenvalue weighted by Crippen LogP contribution is -2.48. The monoisotopic (exact) mass is 354 g/mol. The van der Waals surface area contributed by atoms with Crippen LogP contribution in [-0.2, 0) is 14.0 Å². The van der Waals surface area contributed by atoms with E-state index in [9.17, 15) is 14.9 Å². The second kappa shape index (κ2) is 7.41. The Balaban J connectivity index is 3.23. The number of nitro benzene ring substituents is 1. The van der Waals surface area contributed by atoms with Gasteiger partial charge >= 0.3 is 5.97 Å². The number of methoxy groups -OCH3 is 1. The van der Waals surface area contributed by atoms with Gasteiger partial charge in [0.1, 0.15) is 6.04 Å². The van der Waals surface area contributed by atoms with E-state index < -0.39 is 31.4 Å². The van der Waals surface area contributed by atoms with E-state index in [-0.39, 0.29) is 10.7 Å². The zero-order chi connectivity index (χ0) is 18.7. The summed E-state index contributed by atoms with van der Waals surface area (Å²) >= 11 is 0. The van der Waals surface area contributed by atoms with Crippen molar-refractivity contribution in [2.75, 3.05) is 7.11 Å². The maximum atomic E-state index is 11.9. The van der Waals surface area contributed by atoms with Crippen LogP contribution >= 0.6 is 0 Å². The zero-order valence-electron chi connectivity index (χ0n) is 15.0. The van der Waals surface area contributed by atoms with E-state index >= 15 is 0 Å². The predicted molar refractivity (Wildman–Crippen MR) is 94.1 cm³/mol. The van der Waals surface area contributed by atoms with Crippen molar-refractivity contribution in [3.05, 3.63) is 39.9 Å². The highest BCUT2D eigenvalue weighted by Gasteiger charge is 2.42. The Hall–Kier alpha value is -1.77. The molecule has 24 heavy (non-hydrogen) atoms. The molecule has 2 N–H and O–H groups in total. The first-order valence-corrected chi connectivity index (χ1v) is 10.6. The number of nitro groups is 1. The molecule has 1 rings (SSSR count). The summed E-state index contributed by atoms with van der Waals surface area (Å²) in [6.07, 6.45) is -0.723. The first-order chi connectivity index (χ1) is 10.9. The van der Waals surface area contributed by atoms with Gasteiger partial charge in [0.15, 0.2) is 8.32 Å². The second-order valence-electron chi connectivity index (χ2n) is 7.20. The number of non-ortho nitro benzene ring substituents is 1. The average Bonchev–Trinajstić information content (AvgIpc) is 2.50. The summed E-state index contributed by atoms with van der Waals surface area (Å²) < 4.78 is 11.1. The van der Waals surface area contributed by atoms with E-state index in [2.05, 4.69) is 33.9 Å². The lowest BCUT2D eigenvalue weighted by molar-refractivity contribution is -0.384. The number of carbonyl (C=O) groups excluding carboxylic acids is 1. The van der Waals surface area contributed by atoms with Crippen LogP contribution in [0.5, 0.6) is 0 Å². The van der Waals surface area contributed by atoms with Gasteiger partial charge in [0.2, 0.25) is 0 Å². The number of nitrogens with zero attached hydrogens (tertiary/aromatic N) is 1. The molecule has 2 atom stereocenters. The fourth-order valence-electron chi connectivity index (χ4n) is 1.89. The van der Waals surface area contributed by atoms with Crippen LogP contribution in [0.3, 0.4) is 0 Å². The molecule has 0 spiro atoms. The summed E-state index contributed by atoms with van der Waals surface area (Å²) in [4.78, 5) is 22.3. The van der Waals surface area contributed by atoms with Gasteiger partial charge in [0.05, 0.1) is 18.1 Å². The van der Waals surface area contributed by atoms with Crippen molar-refractivity contribution >= 4 is 20.0 Å². The normalized spacial score (nSPS) is 14.8. The Morgan fingerprint density at radius 1 is 1.25 bits per heavy atom. The Kier molecular flexibility index (Phi) is 6.26. The molecule has 134 valence electrons. The Bertz CT molecular complexity index is 595. The van der Waals surface area contributed by atoms with Crippen molar-refractivity contribution in [2.45, 2.75) is 51.0 Å². The van der Waals surface area contributed by atoms with Crippen molar-refractivity contribution in [1.82, 2.24) is 0 Å². The first kappa shape index (κ1) is 20.3. The molecule has 0 fully saturated rings. The fourth-order valence-corrected chi connectivity index (χ4v) is 3.16. The molecule has 0 aliphatic carbocycles. The molecule has 0 amide bonds. The minimum absolute atomic E-state index is 0.0311. The van der Waals surface area contributed by atoms with Gasteiger partial charge in [-0.25, -0.2) is 0 Å². The molecule has 0 heterocycles. The third-order valence-electron chi connectivity index (χ3n) is 4.46. The van der Waals surface area contributed by atoms with E-state index in [1.54, 1.807) is 12.1 Å². The molecule has 1 aromatic carbocycles. The maximum Gasteiger partial charge on any atom is 0.325 e. The highest BCUT2D eigenvalue weighted by Crippen LogP contribution is 2.40. The molecule has 0 radical (unpaired) electrons. The van der Waals surface area contributed by atoms with Gasteiger partial charge in [-0.15, -0.1) is 0 Å². The summed E-state index contributed by atoms with van der Waals surface area (Å²) in [6, 6.07) is 4.88. The lowest BCUT2D eigenvalue weighted by Gasteiger charge is -2.40. The molecule has 7 nitrogen and oxygen atoms in total. The van der Waals surface area contributed by atoms with Crippen molar-refractivity contribution in [3.63, 3.8) is 0 Å². The Morgan fingerprint density at radius 3 is 2.12 bits per heavy atom. The van der Waals surface area contributed by atoms with Gasteiger partial charge in [0.25, 0.3) is 5.69 Å². The van der Waals surface area contributed by atoms with Crippen LogP contribution in [0, 0.1) is 10.1 Å². The summed E-state index contributed by atoms with van der Waals surface area (Å²) in [7, 11) is -0.964. The highest BCUT2D eigenvalue weighted by atomic mass is 28.4. The zero-order valence-corrected chi connectivity index (χ0v) is 16.0. The standard InChI is InChI=1S/C16H26N2O5Si/c1-16(2,3)24(5,6)23-14(13(17)15(19)22-4)11-7-9-12(10-8-11)18(20)21/h7-10,13-14H,17H2,1-6H3/t13-,14-/m0/s1. The second-order valence-corrected chi connectivity index (χ2v) is 12.0. The van der Waals surface area contributed by atoms with Crippen molar-refractivity contribution in [1.29, 1.82) is 0 Å². The van der Waals surface area contributed by atoms with Gasteiger partial charge < -0.3 is 14.9 Å². The van der Waals surface area contributed by atoms with Gasteiger partial charge in [-0.05, 0) is 35.8 Å². The van der Waals surface area contributed by atoms with Crippen LogP contribution in [0.15, 0.2) is 24.3 Å². The highest BCUT2D eigenvalue weighted by molar-refractivity contribution is 6.74. The molecule has 0 bridgehead atoms. The maximum absolute atomic E-state index is 11.9. The molecule has 0 aliphatic rings. The minimum Gasteiger partial charge on any atom is -0.468 e. The number of hydrogen-bond donors (Lipinski definition) is 1. The van der Waals surface area contributed by atoms with Gasteiger partial charge in [-0.1, -0.05) is 20.8 Å². The largest absolute Gasteiger partial charge is 0.468 e. The van der Waals surface area contributed by atoms with Crippen LogP contribution in [0.4, 0.5) is 5.69 Å². The number of carbonyl (C=O) groups is 1. The van der Waals surface area contributed by atoms with E-state index in [1.165, 1.54) is 19.2 Å². The third kappa shape index (κ3) is 4.62. The van der Waals surface area contributed by atoms with E-state index in [4.69, 9.17) is 14.9 Å². The Morgan fingerprint density at radius 2 is 1.75 bits per heavy atom. The molecular formula is C16H26N2O5Si. The molecular weight excluding hydrogens is 328 g/mol. The predicted octanol–water partition coefficient (Wildman–Crippen LogP) is 3.16. The van der Waals surface area contributed by atoms with Gasteiger partial charge in [-0.3, -0.25) is 14.9 Å². The number of nitrogens with two attached hydrogens (primary N) is 1. The quantitative estimate of drug-likeness (QED) is 0.364. The van der Waals surface area contributed by atoms with E-state index in [1.807, 2.05) is 0 Å².